The highest BCUT2D eigenvalue weighted by Crippen LogP contribution is 2.32. The molecule has 0 spiro atoms. The van der Waals surface area contributed by atoms with Gasteiger partial charge in [0.25, 0.3) is 0 Å². The van der Waals surface area contributed by atoms with Crippen molar-refractivity contribution in [1.82, 2.24) is 9.55 Å². The van der Waals surface area contributed by atoms with Crippen LogP contribution in [0.2, 0.25) is 0 Å². The lowest BCUT2D eigenvalue weighted by Gasteiger charge is -2.14. The number of nitrogens with two attached hydrogens (primary N) is 1. The van der Waals surface area contributed by atoms with E-state index in [9.17, 15) is 0 Å². The minimum absolute atomic E-state index is 0. The monoisotopic (exact) mass is 375 g/mol. The van der Waals surface area contributed by atoms with E-state index in [-0.39, 0.29) is 12.4 Å². The first-order valence-corrected chi connectivity index (χ1v) is 7.83. The molecule has 7 heteroatoms. The molecule has 1 heterocycles. The van der Waals surface area contributed by atoms with Crippen molar-refractivity contribution in [3.05, 3.63) is 54.2 Å². The van der Waals surface area contributed by atoms with Crippen molar-refractivity contribution in [3.63, 3.8) is 0 Å². The van der Waals surface area contributed by atoms with Crippen LogP contribution in [0, 0.1) is 0 Å². The number of hydrogen-bond donors (Lipinski definition) is 1. The molecule has 0 fully saturated rings. The lowest BCUT2D eigenvalue weighted by Crippen LogP contribution is -2.06. The van der Waals surface area contributed by atoms with E-state index in [2.05, 4.69) is 4.98 Å². The van der Waals surface area contributed by atoms with Gasteiger partial charge in [-0.1, -0.05) is 18.2 Å². The number of anilines is 1. The van der Waals surface area contributed by atoms with Gasteiger partial charge in [0.05, 0.1) is 39.1 Å². The van der Waals surface area contributed by atoms with Gasteiger partial charge in [-0.05, 0) is 24.3 Å². The molecule has 0 aliphatic heterocycles. The van der Waals surface area contributed by atoms with Crippen molar-refractivity contribution < 1.29 is 14.2 Å². The van der Waals surface area contributed by atoms with Crippen LogP contribution in [0.25, 0.3) is 11.3 Å². The lowest BCUT2D eigenvalue weighted by atomic mass is 10.1. The number of ether oxygens (including phenoxy) is 3. The number of benzene rings is 2. The predicted molar refractivity (Wildman–Crippen MR) is 105 cm³/mol. The topological polar surface area (TPSA) is 71.5 Å². The lowest BCUT2D eigenvalue weighted by molar-refractivity contribution is 0.383. The molecule has 0 aliphatic carbocycles. The number of imidazole rings is 1. The van der Waals surface area contributed by atoms with E-state index in [0.29, 0.717) is 12.5 Å². The van der Waals surface area contributed by atoms with E-state index in [0.717, 1.165) is 34.1 Å². The third kappa shape index (κ3) is 3.70. The van der Waals surface area contributed by atoms with Gasteiger partial charge >= 0.3 is 0 Å². The van der Waals surface area contributed by atoms with Crippen molar-refractivity contribution in [2.75, 3.05) is 27.1 Å². The van der Waals surface area contributed by atoms with Gasteiger partial charge < -0.3 is 24.5 Å². The molecule has 0 saturated carbocycles. The quantitative estimate of drug-likeness (QED) is 0.712. The minimum atomic E-state index is 0. The van der Waals surface area contributed by atoms with Crippen LogP contribution >= 0.6 is 12.4 Å². The molecule has 0 saturated heterocycles. The first-order chi connectivity index (χ1) is 12.2. The third-order valence-electron chi connectivity index (χ3n) is 4.05. The van der Waals surface area contributed by atoms with Gasteiger partial charge in [0.2, 0.25) is 5.95 Å². The minimum Gasteiger partial charge on any atom is -0.496 e. The Morgan fingerprint density at radius 1 is 0.885 bits per heavy atom. The molecule has 0 bridgehead atoms. The van der Waals surface area contributed by atoms with E-state index in [4.69, 9.17) is 19.9 Å². The summed E-state index contributed by atoms with van der Waals surface area (Å²) in [5.41, 5.74) is 8.68. The Bertz CT molecular complexity index is 858. The molecule has 3 aromatic rings. The van der Waals surface area contributed by atoms with E-state index in [1.807, 2.05) is 53.2 Å². The largest absolute Gasteiger partial charge is 0.496 e. The molecule has 0 unspecified atom stereocenters. The van der Waals surface area contributed by atoms with Gasteiger partial charge in [-0.3, -0.25) is 0 Å². The average molecular weight is 376 g/mol. The van der Waals surface area contributed by atoms with Crippen LogP contribution in [0.3, 0.4) is 0 Å². The second-order valence-electron chi connectivity index (χ2n) is 5.45. The number of para-hydroxylation sites is 1. The third-order valence-corrected chi connectivity index (χ3v) is 4.05. The maximum atomic E-state index is 6.13. The van der Waals surface area contributed by atoms with Gasteiger partial charge in [-0.25, -0.2) is 4.98 Å². The molecule has 0 radical (unpaired) electrons. The summed E-state index contributed by atoms with van der Waals surface area (Å²) in [5, 5.41) is 0. The molecule has 0 amide bonds. The zero-order chi connectivity index (χ0) is 17.8. The Hall–Kier alpha value is -2.86. The summed E-state index contributed by atoms with van der Waals surface area (Å²) < 4.78 is 18.2. The molecular weight excluding hydrogens is 354 g/mol. The van der Waals surface area contributed by atoms with Crippen LogP contribution in [0.4, 0.5) is 5.95 Å². The Labute approximate surface area is 158 Å². The van der Waals surface area contributed by atoms with E-state index in [1.165, 1.54) is 0 Å². The van der Waals surface area contributed by atoms with Crippen molar-refractivity contribution in [2.45, 2.75) is 6.54 Å². The summed E-state index contributed by atoms with van der Waals surface area (Å²) in [7, 11) is 4.91. The smallest absolute Gasteiger partial charge is 0.201 e. The van der Waals surface area contributed by atoms with Crippen LogP contribution in [-0.4, -0.2) is 30.9 Å². The van der Waals surface area contributed by atoms with Crippen molar-refractivity contribution in [2.24, 2.45) is 0 Å². The SMILES string of the molecule is COc1ccccc1-c1cn(Cc2c(OC)cccc2OC)c(N)n1.Cl. The van der Waals surface area contributed by atoms with Crippen LogP contribution in [-0.2, 0) is 6.54 Å². The summed E-state index contributed by atoms with van der Waals surface area (Å²) in [6.45, 7) is 0.487. The van der Waals surface area contributed by atoms with Crippen LogP contribution in [0.5, 0.6) is 17.2 Å². The van der Waals surface area contributed by atoms with Crippen LogP contribution in [0.1, 0.15) is 5.56 Å². The number of hydrogen-bond acceptors (Lipinski definition) is 5. The van der Waals surface area contributed by atoms with Gasteiger partial charge in [0, 0.05) is 11.8 Å². The summed E-state index contributed by atoms with van der Waals surface area (Å²) in [4.78, 5) is 4.48. The van der Waals surface area contributed by atoms with Crippen molar-refractivity contribution in [1.29, 1.82) is 0 Å². The Morgan fingerprint density at radius 2 is 1.46 bits per heavy atom. The molecule has 3 rings (SSSR count). The summed E-state index contributed by atoms with van der Waals surface area (Å²) in [6.07, 6.45) is 1.90. The maximum Gasteiger partial charge on any atom is 0.201 e. The Kier molecular flexibility index (Phi) is 6.36. The first kappa shape index (κ1) is 19.5. The average Bonchev–Trinajstić information content (AvgIpc) is 3.02. The molecule has 1 aromatic heterocycles. The van der Waals surface area contributed by atoms with Gasteiger partial charge in [0.15, 0.2) is 0 Å². The van der Waals surface area contributed by atoms with E-state index >= 15 is 0 Å². The highest BCUT2D eigenvalue weighted by atomic mass is 35.5. The molecule has 6 nitrogen and oxygen atoms in total. The van der Waals surface area contributed by atoms with Gasteiger partial charge in [0.1, 0.15) is 17.2 Å². The summed E-state index contributed by atoms with van der Waals surface area (Å²) >= 11 is 0. The van der Waals surface area contributed by atoms with Crippen molar-refractivity contribution in [3.8, 4) is 28.5 Å². The summed E-state index contributed by atoms with van der Waals surface area (Å²) in [5.74, 6) is 2.65. The second-order valence-corrected chi connectivity index (χ2v) is 5.45. The number of nitrogens with zero attached hydrogens (tertiary/aromatic N) is 2. The zero-order valence-corrected chi connectivity index (χ0v) is 15.7. The number of halogens is 1. The number of methoxy groups -OCH3 is 3. The normalized spacial score (nSPS) is 10.1. The Morgan fingerprint density at radius 3 is 2.08 bits per heavy atom. The number of aromatic nitrogens is 2. The molecule has 2 N–H and O–H groups in total. The summed E-state index contributed by atoms with van der Waals surface area (Å²) in [6, 6.07) is 13.4. The van der Waals surface area contributed by atoms with Crippen molar-refractivity contribution >= 4 is 18.4 Å². The van der Waals surface area contributed by atoms with E-state index in [1.54, 1.807) is 21.3 Å². The number of rotatable bonds is 6. The fourth-order valence-electron chi connectivity index (χ4n) is 2.80. The molecule has 26 heavy (non-hydrogen) atoms. The molecule has 0 atom stereocenters. The van der Waals surface area contributed by atoms with Crippen LogP contribution in [0.15, 0.2) is 48.7 Å². The standard InChI is InChI=1S/C19H21N3O3.ClH/c1-23-16-8-5-4-7-13(16)15-12-22(19(20)21-15)11-14-17(24-2)9-6-10-18(14)25-3;/h4-10,12H,11H2,1-3H3,(H2,20,21);1H. The Balaban J connectivity index is 0.00000243. The fraction of sp³-hybridized carbons (Fsp3) is 0.211. The zero-order valence-electron chi connectivity index (χ0n) is 14.9. The predicted octanol–water partition coefficient (Wildman–Crippen LogP) is 3.63. The molecule has 138 valence electrons. The molecule has 2 aromatic carbocycles. The molecular formula is C19H22ClN3O3. The number of nitrogen functional groups attached to an aromatic ring is 1. The van der Waals surface area contributed by atoms with Gasteiger partial charge in [-0.15, -0.1) is 12.4 Å². The highest BCUT2D eigenvalue weighted by molar-refractivity contribution is 5.85. The molecule has 0 aliphatic rings. The van der Waals surface area contributed by atoms with Gasteiger partial charge in [-0.2, -0.15) is 0 Å². The van der Waals surface area contributed by atoms with Crippen LogP contribution < -0.4 is 19.9 Å². The second kappa shape index (κ2) is 8.49. The van der Waals surface area contributed by atoms with E-state index < -0.39 is 0 Å². The maximum absolute atomic E-state index is 6.13. The first-order valence-electron chi connectivity index (χ1n) is 7.83. The highest BCUT2D eigenvalue weighted by Gasteiger charge is 2.15. The fourth-order valence-corrected chi connectivity index (χ4v) is 2.80.